The highest BCUT2D eigenvalue weighted by molar-refractivity contribution is 7.99. The van der Waals surface area contributed by atoms with Gasteiger partial charge in [0.1, 0.15) is 0 Å². The van der Waals surface area contributed by atoms with Crippen LogP contribution in [0.3, 0.4) is 0 Å². The quantitative estimate of drug-likeness (QED) is 0.399. The minimum Gasteiger partial charge on any atom is -0.447 e. The molecule has 1 aromatic heterocycles. The van der Waals surface area contributed by atoms with Gasteiger partial charge in [-0.2, -0.15) is 0 Å². The zero-order valence-electron chi connectivity index (χ0n) is 6.78. The van der Waals surface area contributed by atoms with Gasteiger partial charge in [0.25, 0.3) is 0 Å². The third kappa shape index (κ3) is 2.71. The van der Waals surface area contributed by atoms with Gasteiger partial charge in [-0.15, -0.1) is 0 Å². The summed E-state index contributed by atoms with van der Waals surface area (Å²) in [7, 11) is 1.65. The van der Waals surface area contributed by atoms with E-state index in [2.05, 4.69) is 0 Å². The van der Waals surface area contributed by atoms with E-state index in [1.807, 2.05) is 0 Å². The Labute approximate surface area is 75.1 Å². The number of hydrogen-bond donors (Lipinski definition) is 0. The average Bonchev–Trinajstić information content (AvgIpc) is 2.53. The van der Waals surface area contributed by atoms with Crippen LogP contribution in [0.4, 0.5) is 0 Å². The van der Waals surface area contributed by atoms with Crippen LogP contribution in [-0.4, -0.2) is 25.8 Å². The van der Waals surface area contributed by atoms with Crippen molar-refractivity contribution in [3.63, 3.8) is 0 Å². The summed E-state index contributed by atoms with van der Waals surface area (Å²) >= 11 is 1.53. The topological polar surface area (TPSA) is 39.4 Å². The standard InChI is InChI=1S/C8H10O3S/c1-10-4-5-12-8-3-2-7(6-9)11-8/h2-3,6H,4-5H2,1H3. The molecule has 3 nitrogen and oxygen atoms in total. The SMILES string of the molecule is COCCSc1ccc(C=O)o1. The molecule has 0 bridgehead atoms. The minimum atomic E-state index is 0.370. The summed E-state index contributed by atoms with van der Waals surface area (Å²) in [6.07, 6.45) is 0.695. The lowest BCUT2D eigenvalue weighted by Crippen LogP contribution is -1.89. The first-order valence-corrected chi connectivity index (χ1v) is 4.52. The van der Waals surface area contributed by atoms with Gasteiger partial charge in [-0.25, -0.2) is 0 Å². The maximum absolute atomic E-state index is 10.2. The lowest BCUT2D eigenvalue weighted by Gasteiger charge is -1.94. The summed E-state index contributed by atoms with van der Waals surface area (Å²) in [6.45, 7) is 0.682. The number of aldehydes is 1. The van der Waals surface area contributed by atoms with Crippen molar-refractivity contribution in [2.24, 2.45) is 0 Å². The molecular weight excluding hydrogens is 176 g/mol. The number of hydrogen-bond acceptors (Lipinski definition) is 4. The molecule has 1 rings (SSSR count). The highest BCUT2D eigenvalue weighted by atomic mass is 32.2. The Morgan fingerprint density at radius 3 is 3.08 bits per heavy atom. The number of methoxy groups -OCH3 is 1. The Morgan fingerprint density at radius 1 is 1.67 bits per heavy atom. The summed E-state index contributed by atoms with van der Waals surface area (Å²) < 4.78 is 9.98. The second-order valence-corrected chi connectivity index (χ2v) is 3.22. The second kappa shape index (κ2) is 5.00. The van der Waals surface area contributed by atoms with Gasteiger partial charge in [-0.3, -0.25) is 4.79 Å². The van der Waals surface area contributed by atoms with Crippen LogP contribution in [0.2, 0.25) is 0 Å². The van der Waals surface area contributed by atoms with Gasteiger partial charge in [0, 0.05) is 12.9 Å². The molecule has 0 amide bonds. The summed E-state index contributed by atoms with van der Waals surface area (Å²) in [6, 6.07) is 3.44. The molecule has 0 saturated heterocycles. The van der Waals surface area contributed by atoms with Crippen molar-refractivity contribution in [2.75, 3.05) is 19.5 Å². The van der Waals surface area contributed by atoms with Crippen molar-refractivity contribution in [3.05, 3.63) is 17.9 Å². The lowest BCUT2D eigenvalue weighted by molar-refractivity contribution is 0.109. The van der Waals surface area contributed by atoms with Gasteiger partial charge in [0.15, 0.2) is 17.1 Å². The van der Waals surface area contributed by atoms with Crippen LogP contribution in [0.15, 0.2) is 21.6 Å². The van der Waals surface area contributed by atoms with Crippen LogP contribution in [0, 0.1) is 0 Å². The number of thioether (sulfide) groups is 1. The summed E-state index contributed by atoms with van der Waals surface area (Å²) in [4.78, 5) is 10.2. The molecule has 0 atom stereocenters. The molecule has 66 valence electrons. The van der Waals surface area contributed by atoms with Gasteiger partial charge < -0.3 is 9.15 Å². The van der Waals surface area contributed by atoms with Gasteiger partial charge in [0.05, 0.1) is 6.61 Å². The molecule has 12 heavy (non-hydrogen) atoms. The molecule has 0 N–H and O–H groups in total. The van der Waals surface area contributed by atoms with Crippen molar-refractivity contribution in [2.45, 2.75) is 5.09 Å². The zero-order valence-corrected chi connectivity index (χ0v) is 7.60. The van der Waals surface area contributed by atoms with Crippen LogP contribution < -0.4 is 0 Å². The molecule has 0 spiro atoms. The van der Waals surface area contributed by atoms with Crippen LogP contribution in [0.5, 0.6) is 0 Å². The first-order chi connectivity index (χ1) is 5.86. The molecule has 0 aliphatic heterocycles. The first kappa shape index (κ1) is 9.35. The predicted octanol–water partition coefficient (Wildman–Crippen LogP) is 1.83. The fourth-order valence-electron chi connectivity index (χ4n) is 0.701. The van der Waals surface area contributed by atoms with Gasteiger partial charge in [0.2, 0.25) is 0 Å². The lowest BCUT2D eigenvalue weighted by atomic mass is 10.5. The molecule has 0 saturated carbocycles. The predicted molar refractivity (Wildman–Crippen MR) is 46.7 cm³/mol. The largest absolute Gasteiger partial charge is 0.447 e. The van der Waals surface area contributed by atoms with Crippen molar-refractivity contribution in [1.82, 2.24) is 0 Å². The van der Waals surface area contributed by atoms with E-state index in [-0.39, 0.29) is 0 Å². The summed E-state index contributed by atoms with van der Waals surface area (Å²) in [5.74, 6) is 1.21. The minimum absolute atomic E-state index is 0.370. The molecule has 0 aromatic carbocycles. The Hall–Kier alpha value is -0.740. The molecule has 4 heteroatoms. The number of ether oxygens (including phenoxy) is 1. The Balaban J connectivity index is 2.36. The van der Waals surface area contributed by atoms with Crippen molar-refractivity contribution < 1.29 is 13.9 Å². The first-order valence-electron chi connectivity index (χ1n) is 3.53. The highest BCUT2D eigenvalue weighted by Gasteiger charge is 2.00. The Morgan fingerprint density at radius 2 is 2.50 bits per heavy atom. The van der Waals surface area contributed by atoms with E-state index in [1.165, 1.54) is 11.8 Å². The van der Waals surface area contributed by atoms with E-state index < -0.39 is 0 Å². The van der Waals surface area contributed by atoms with E-state index in [1.54, 1.807) is 19.2 Å². The van der Waals surface area contributed by atoms with Crippen LogP contribution in [-0.2, 0) is 4.74 Å². The fraction of sp³-hybridized carbons (Fsp3) is 0.375. The van der Waals surface area contributed by atoms with Crippen molar-refractivity contribution in [1.29, 1.82) is 0 Å². The maximum atomic E-state index is 10.2. The molecule has 1 aromatic rings. The zero-order chi connectivity index (χ0) is 8.81. The molecule has 0 fully saturated rings. The van der Waals surface area contributed by atoms with Crippen LogP contribution in [0.1, 0.15) is 10.6 Å². The molecule has 1 heterocycles. The molecule has 0 unspecified atom stereocenters. The second-order valence-electron chi connectivity index (χ2n) is 2.12. The van der Waals surface area contributed by atoms with Crippen molar-refractivity contribution in [3.8, 4) is 0 Å². The number of rotatable bonds is 5. The normalized spacial score (nSPS) is 10.1. The summed E-state index contributed by atoms with van der Waals surface area (Å²) in [5.41, 5.74) is 0. The van der Waals surface area contributed by atoms with Gasteiger partial charge in [-0.05, 0) is 12.1 Å². The van der Waals surface area contributed by atoms with Gasteiger partial charge in [-0.1, -0.05) is 11.8 Å². The van der Waals surface area contributed by atoms with E-state index >= 15 is 0 Å². The summed E-state index contributed by atoms with van der Waals surface area (Å²) in [5, 5.41) is 0.758. The number of furan rings is 1. The monoisotopic (exact) mass is 186 g/mol. The van der Waals surface area contributed by atoms with E-state index in [0.29, 0.717) is 18.7 Å². The van der Waals surface area contributed by atoms with Crippen LogP contribution >= 0.6 is 11.8 Å². The Bertz CT molecular complexity index is 244. The highest BCUT2D eigenvalue weighted by Crippen LogP contribution is 2.19. The molecular formula is C8H10O3S. The average molecular weight is 186 g/mol. The third-order valence-electron chi connectivity index (χ3n) is 1.25. The number of carbonyl (C=O) groups excluding carboxylic acids is 1. The van der Waals surface area contributed by atoms with E-state index in [0.717, 1.165) is 10.8 Å². The Kier molecular flexibility index (Phi) is 3.90. The van der Waals surface area contributed by atoms with Gasteiger partial charge >= 0.3 is 0 Å². The molecule has 0 aliphatic carbocycles. The number of carbonyl (C=O) groups is 1. The van der Waals surface area contributed by atoms with E-state index in [9.17, 15) is 4.79 Å². The molecule has 0 radical (unpaired) electrons. The van der Waals surface area contributed by atoms with E-state index in [4.69, 9.17) is 9.15 Å². The maximum Gasteiger partial charge on any atom is 0.185 e. The third-order valence-corrected chi connectivity index (χ3v) is 2.12. The fourth-order valence-corrected chi connectivity index (χ4v) is 1.47. The smallest absolute Gasteiger partial charge is 0.185 e. The molecule has 0 aliphatic rings. The van der Waals surface area contributed by atoms with Crippen molar-refractivity contribution >= 4 is 18.0 Å². The van der Waals surface area contributed by atoms with Crippen LogP contribution in [0.25, 0.3) is 0 Å².